The molecule has 0 amide bonds. The predicted molar refractivity (Wildman–Crippen MR) is 90.4 cm³/mol. The maximum atomic E-state index is 5.24. The van der Waals surface area contributed by atoms with Crippen LogP contribution in [-0.2, 0) is 13.0 Å². The van der Waals surface area contributed by atoms with Crippen LogP contribution in [0.2, 0.25) is 0 Å². The van der Waals surface area contributed by atoms with Gasteiger partial charge in [-0.15, -0.1) is 0 Å². The molecule has 2 aromatic rings. The van der Waals surface area contributed by atoms with Gasteiger partial charge in [0.1, 0.15) is 5.75 Å². The van der Waals surface area contributed by atoms with Crippen LogP contribution in [0, 0.1) is 0 Å². The summed E-state index contributed by atoms with van der Waals surface area (Å²) in [7, 11) is 1.68. The lowest BCUT2D eigenvalue weighted by atomic mass is 10.2. The molecule has 1 aliphatic heterocycles. The van der Waals surface area contributed by atoms with Gasteiger partial charge in [0.2, 0.25) is 0 Å². The van der Waals surface area contributed by atoms with E-state index in [1.54, 1.807) is 13.3 Å². The van der Waals surface area contributed by atoms with Gasteiger partial charge in [-0.1, -0.05) is 6.07 Å². The summed E-state index contributed by atoms with van der Waals surface area (Å²) >= 11 is 0. The van der Waals surface area contributed by atoms with Crippen molar-refractivity contribution in [3.05, 3.63) is 54.1 Å². The molecule has 122 valence electrons. The lowest BCUT2D eigenvalue weighted by Crippen LogP contribution is -2.46. The molecule has 0 aromatic carbocycles. The maximum Gasteiger partial charge on any atom is 0.137 e. The van der Waals surface area contributed by atoms with Gasteiger partial charge in [-0.25, -0.2) is 0 Å². The number of pyridine rings is 2. The van der Waals surface area contributed by atoms with Crippen molar-refractivity contribution in [1.29, 1.82) is 0 Å². The zero-order chi connectivity index (χ0) is 15.9. The van der Waals surface area contributed by atoms with Crippen LogP contribution in [0.5, 0.6) is 5.75 Å². The molecule has 3 heterocycles. The second-order valence-electron chi connectivity index (χ2n) is 5.92. The SMILES string of the molecule is COc1cncc(CN2CCN(CCc3ccccn3)CC2)c1. The lowest BCUT2D eigenvalue weighted by molar-refractivity contribution is 0.128. The Hall–Kier alpha value is -1.98. The normalized spacial score (nSPS) is 16.4. The molecule has 0 aliphatic carbocycles. The van der Waals surface area contributed by atoms with Crippen molar-refractivity contribution < 1.29 is 4.74 Å². The summed E-state index contributed by atoms with van der Waals surface area (Å²) in [5, 5.41) is 0. The molecule has 5 nitrogen and oxygen atoms in total. The number of nitrogens with zero attached hydrogens (tertiary/aromatic N) is 4. The summed E-state index contributed by atoms with van der Waals surface area (Å²) in [6, 6.07) is 8.20. The number of aromatic nitrogens is 2. The van der Waals surface area contributed by atoms with Gasteiger partial charge in [0, 0.05) is 63.8 Å². The van der Waals surface area contributed by atoms with Crippen LogP contribution in [0.3, 0.4) is 0 Å². The average Bonchev–Trinajstić information content (AvgIpc) is 2.62. The number of hydrogen-bond donors (Lipinski definition) is 0. The van der Waals surface area contributed by atoms with Crippen LogP contribution in [0.4, 0.5) is 0 Å². The Kier molecular flexibility index (Phi) is 5.56. The summed E-state index contributed by atoms with van der Waals surface area (Å²) in [6.45, 7) is 6.46. The number of piperazine rings is 1. The highest BCUT2D eigenvalue weighted by atomic mass is 16.5. The Labute approximate surface area is 137 Å². The van der Waals surface area contributed by atoms with E-state index in [0.29, 0.717) is 0 Å². The van der Waals surface area contributed by atoms with E-state index in [0.717, 1.165) is 51.4 Å². The van der Waals surface area contributed by atoms with Crippen molar-refractivity contribution in [2.24, 2.45) is 0 Å². The fourth-order valence-corrected chi connectivity index (χ4v) is 2.91. The minimum atomic E-state index is 0.830. The van der Waals surface area contributed by atoms with E-state index in [1.165, 1.54) is 11.3 Å². The lowest BCUT2D eigenvalue weighted by Gasteiger charge is -2.34. The molecule has 0 atom stereocenters. The van der Waals surface area contributed by atoms with Crippen LogP contribution < -0.4 is 4.74 Å². The van der Waals surface area contributed by atoms with Gasteiger partial charge in [-0.3, -0.25) is 14.9 Å². The van der Waals surface area contributed by atoms with Crippen molar-refractivity contribution in [3.63, 3.8) is 0 Å². The van der Waals surface area contributed by atoms with E-state index in [1.807, 2.05) is 18.5 Å². The highest BCUT2D eigenvalue weighted by Gasteiger charge is 2.17. The second-order valence-corrected chi connectivity index (χ2v) is 5.92. The summed E-state index contributed by atoms with van der Waals surface area (Å²) < 4.78 is 5.24. The molecule has 0 unspecified atom stereocenters. The first-order valence-electron chi connectivity index (χ1n) is 8.16. The number of methoxy groups -OCH3 is 1. The molecule has 0 bridgehead atoms. The minimum Gasteiger partial charge on any atom is -0.495 e. The molecule has 2 aromatic heterocycles. The maximum absolute atomic E-state index is 5.24. The van der Waals surface area contributed by atoms with Gasteiger partial charge >= 0.3 is 0 Å². The highest BCUT2D eigenvalue weighted by Crippen LogP contribution is 2.13. The first kappa shape index (κ1) is 15.9. The molecule has 3 rings (SSSR count). The third-order valence-corrected chi connectivity index (χ3v) is 4.29. The summed E-state index contributed by atoms with van der Waals surface area (Å²) in [5.74, 6) is 0.830. The monoisotopic (exact) mass is 312 g/mol. The average molecular weight is 312 g/mol. The summed E-state index contributed by atoms with van der Waals surface area (Å²) in [5.41, 5.74) is 2.39. The van der Waals surface area contributed by atoms with E-state index < -0.39 is 0 Å². The molecule has 0 radical (unpaired) electrons. The van der Waals surface area contributed by atoms with E-state index >= 15 is 0 Å². The molecular weight excluding hydrogens is 288 g/mol. The molecule has 23 heavy (non-hydrogen) atoms. The Morgan fingerprint density at radius 2 is 1.91 bits per heavy atom. The summed E-state index contributed by atoms with van der Waals surface area (Å²) in [4.78, 5) is 13.6. The topological polar surface area (TPSA) is 41.5 Å². The van der Waals surface area contributed by atoms with Gasteiger partial charge in [0.25, 0.3) is 0 Å². The van der Waals surface area contributed by atoms with Crippen LogP contribution in [0.15, 0.2) is 42.9 Å². The Balaban J connectivity index is 1.43. The Bertz CT molecular complexity index is 597. The van der Waals surface area contributed by atoms with Gasteiger partial charge in [-0.05, 0) is 23.8 Å². The fourth-order valence-electron chi connectivity index (χ4n) is 2.91. The number of rotatable bonds is 6. The molecule has 1 aliphatic rings. The number of hydrogen-bond acceptors (Lipinski definition) is 5. The van der Waals surface area contributed by atoms with Gasteiger partial charge in [0.15, 0.2) is 0 Å². The minimum absolute atomic E-state index is 0.830. The molecule has 1 fully saturated rings. The Morgan fingerprint density at radius 1 is 1.09 bits per heavy atom. The quantitative estimate of drug-likeness (QED) is 0.814. The smallest absolute Gasteiger partial charge is 0.137 e. The standard InChI is InChI=1S/C18H24N4O/c1-23-18-12-16(13-19-14-18)15-22-10-8-21(9-11-22)7-5-17-4-2-3-6-20-17/h2-4,6,12-14H,5,7-11,15H2,1H3. The third kappa shape index (κ3) is 4.74. The van der Waals surface area contributed by atoms with Gasteiger partial charge < -0.3 is 9.64 Å². The molecule has 0 spiro atoms. The first-order valence-corrected chi connectivity index (χ1v) is 8.16. The summed E-state index contributed by atoms with van der Waals surface area (Å²) in [6.07, 6.45) is 6.57. The van der Waals surface area contributed by atoms with Crippen LogP contribution in [0.25, 0.3) is 0 Å². The first-order chi connectivity index (χ1) is 11.3. The van der Waals surface area contributed by atoms with Crippen molar-refractivity contribution in [2.45, 2.75) is 13.0 Å². The molecule has 0 N–H and O–H groups in total. The second kappa shape index (κ2) is 8.04. The largest absolute Gasteiger partial charge is 0.495 e. The molecule has 1 saturated heterocycles. The van der Waals surface area contributed by atoms with E-state index in [2.05, 4.69) is 38.0 Å². The highest BCUT2D eigenvalue weighted by molar-refractivity contribution is 5.23. The molecule has 0 saturated carbocycles. The van der Waals surface area contributed by atoms with E-state index in [4.69, 9.17) is 4.74 Å². The van der Waals surface area contributed by atoms with Crippen molar-refractivity contribution >= 4 is 0 Å². The fraction of sp³-hybridized carbons (Fsp3) is 0.444. The van der Waals surface area contributed by atoms with E-state index in [9.17, 15) is 0 Å². The zero-order valence-electron chi connectivity index (χ0n) is 13.7. The van der Waals surface area contributed by atoms with E-state index in [-0.39, 0.29) is 0 Å². The third-order valence-electron chi connectivity index (χ3n) is 4.29. The molecule has 5 heteroatoms. The zero-order valence-corrected chi connectivity index (χ0v) is 13.7. The van der Waals surface area contributed by atoms with Gasteiger partial charge in [-0.2, -0.15) is 0 Å². The molecular formula is C18H24N4O. The van der Waals surface area contributed by atoms with Gasteiger partial charge in [0.05, 0.1) is 13.3 Å². The van der Waals surface area contributed by atoms with Crippen LogP contribution in [0.1, 0.15) is 11.3 Å². The Morgan fingerprint density at radius 3 is 2.65 bits per heavy atom. The van der Waals surface area contributed by atoms with Crippen LogP contribution >= 0.6 is 0 Å². The predicted octanol–water partition coefficient (Wildman–Crippen LogP) is 1.85. The van der Waals surface area contributed by atoms with Crippen LogP contribution in [-0.4, -0.2) is 59.6 Å². The van der Waals surface area contributed by atoms with Crippen molar-refractivity contribution in [1.82, 2.24) is 19.8 Å². The number of ether oxygens (including phenoxy) is 1. The van der Waals surface area contributed by atoms with Crippen molar-refractivity contribution in [2.75, 3.05) is 39.8 Å². The van der Waals surface area contributed by atoms with Crippen molar-refractivity contribution in [3.8, 4) is 5.75 Å².